The zero-order valence-electron chi connectivity index (χ0n) is 24.3. The van der Waals surface area contributed by atoms with Crippen LogP contribution >= 0.6 is 11.6 Å². The molecule has 4 atom stereocenters. The molecule has 0 saturated carbocycles. The highest BCUT2D eigenvalue weighted by Gasteiger charge is 2.46. The molecule has 0 aromatic heterocycles. The van der Waals surface area contributed by atoms with E-state index in [0.29, 0.717) is 49.7 Å². The highest BCUT2D eigenvalue weighted by molar-refractivity contribution is 6.31. The van der Waals surface area contributed by atoms with Crippen LogP contribution in [0, 0.1) is 17.6 Å². The molecule has 0 N–H and O–H groups in total. The zero-order valence-corrected chi connectivity index (χ0v) is 25.1. The van der Waals surface area contributed by atoms with E-state index in [1.807, 2.05) is 60.0 Å². The molecule has 2 aromatic rings. The fourth-order valence-corrected chi connectivity index (χ4v) is 6.20. The first kappa shape index (κ1) is 30.4. The summed E-state index contributed by atoms with van der Waals surface area (Å²) in [5.41, 5.74) is 1.09. The number of halogens is 3. The first-order chi connectivity index (χ1) is 18.8. The third-order valence-corrected chi connectivity index (χ3v) is 8.82. The van der Waals surface area contributed by atoms with Crippen molar-refractivity contribution in [3.05, 3.63) is 70.2 Å². The average Bonchev–Trinajstić information content (AvgIpc) is 3.33. The Morgan fingerprint density at radius 1 is 1.05 bits per heavy atom. The van der Waals surface area contributed by atoms with E-state index in [0.717, 1.165) is 11.6 Å². The Balaban J connectivity index is 1.50. The highest BCUT2D eigenvalue weighted by atomic mass is 35.5. The fraction of sp³-hybridized carbons (Fsp3) is 0.548. The number of carbonyl (C=O) groups is 2. The number of piperazine rings is 1. The molecule has 40 heavy (non-hydrogen) atoms. The van der Waals surface area contributed by atoms with Gasteiger partial charge >= 0.3 is 0 Å². The maximum Gasteiger partial charge on any atom is 0.240 e. The maximum absolute atomic E-state index is 14.9. The number of likely N-dealkylation sites (tertiary alicyclic amines) is 1. The minimum absolute atomic E-state index is 0.00917. The Labute approximate surface area is 241 Å². The normalized spacial score (nSPS) is 23.1. The molecular formula is C31H41ClF2N4O2. The van der Waals surface area contributed by atoms with E-state index in [1.165, 1.54) is 12.1 Å². The van der Waals surface area contributed by atoms with Crippen molar-refractivity contribution in [3.8, 4) is 0 Å². The minimum atomic E-state index is -0.630. The summed E-state index contributed by atoms with van der Waals surface area (Å²) >= 11 is 6.38. The third-order valence-electron chi connectivity index (χ3n) is 8.45. The van der Waals surface area contributed by atoms with Crippen LogP contribution in [0.3, 0.4) is 0 Å². The van der Waals surface area contributed by atoms with Gasteiger partial charge in [-0.2, -0.15) is 0 Å². The van der Waals surface area contributed by atoms with Gasteiger partial charge in [0.25, 0.3) is 0 Å². The van der Waals surface area contributed by atoms with E-state index in [4.69, 9.17) is 11.6 Å². The van der Waals surface area contributed by atoms with E-state index >= 15 is 0 Å². The van der Waals surface area contributed by atoms with Crippen molar-refractivity contribution in [1.82, 2.24) is 19.6 Å². The topological polar surface area (TPSA) is 47.1 Å². The van der Waals surface area contributed by atoms with Gasteiger partial charge in [-0.05, 0) is 71.5 Å². The van der Waals surface area contributed by atoms with Gasteiger partial charge in [-0.15, -0.1) is 0 Å². The van der Waals surface area contributed by atoms with Crippen LogP contribution in [0.2, 0.25) is 5.02 Å². The first-order valence-electron chi connectivity index (χ1n) is 14.0. The van der Waals surface area contributed by atoms with Gasteiger partial charge in [0.1, 0.15) is 11.6 Å². The van der Waals surface area contributed by atoms with E-state index in [2.05, 4.69) is 25.7 Å². The molecular weight excluding hydrogens is 534 g/mol. The molecule has 2 aliphatic rings. The standard InChI is InChI=1S/C31H41ClF2N4O2/c1-20-17-36(30(40)28(35(5)6)15-21-9-7-8-10-26(21)32)13-14-38(20)29(39)25-19-37(31(2,3)4)18-24(25)23-12-11-22(33)16-27(23)34/h7-12,16,20,24-25,28H,13-15,17-19H2,1-6H3/t20-,24-,25+,28?/m0/s1. The quantitative estimate of drug-likeness (QED) is 0.503. The van der Waals surface area contributed by atoms with Crippen LogP contribution in [0.5, 0.6) is 0 Å². The van der Waals surface area contributed by atoms with Gasteiger partial charge in [0.05, 0.1) is 12.0 Å². The number of hydrogen-bond acceptors (Lipinski definition) is 4. The van der Waals surface area contributed by atoms with E-state index < -0.39 is 17.6 Å². The largest absolute Gasteiger partial charge is 0.337 e. The molecule has 2 amide bonds. The number of benzene rings is 2. The average molecular weight is 575 g/mol. The first-order valence-corrected chi connectivity index (χ1v) is 14.3. The third kappa shape index (κ3) is 6.50. The zero-order chi connectivity index (χ0) is 29.4. The molecule has 2 fully saturated rings. The molecule has 1 unspecified atom stereocenters. The summed E-state index contributed by atoms with van der Waals surface area (Å²) in [4.78, 5) is 35.5. The molecule has 0 aliphatic carbocycles. The highest BCUT2D eigenvalue weighted by Crippen LogP contribution is 2.39. The number of hydrogen-bond donors (Lipinski definition) is 0. The summed E-state index contributed by atoms with van der Waals surface area (Å²) in [6.07, 6.45) is 0.495. The summed E-state index contributed by atoms with van der Waals surface area (Å²) in [5, 5.41) is 0.638. The van der Waals surface area contributed by atoms with E-state index in [-0.39, 0.29) is 35.4 Å². The van der Waals surface area contributed by atoms with Crippen LogP contribution in [0.15, 0.2) is 42.5 Å². The number of amides is 2. The molecule has 0 spiro atoms. The van der Waals surface area contributed by atoms with E-state index in [1.54, 1.807) is 0 Å². The van der Waals surface area contributed by atoms with Crippen LogP contribution in [-0.4, -0.2) is 95.9 Å². The molecule has 2 saturated heterocycles. The van der Waals surface area contributed by atoms with Gasteiger partial charge in [0.2, 0.25) is 11.8 Å². The molecule has 0 radical (unpaired) electrons. The Morgan fingerprint density at radius 2 is 1.75 bits per heavy atom. The number of likely N-dealkylation sites (N-methyl/N-ethyl adjacent to an activating group) is 1. The Morgan fingerprint density at radius 3 is 2.35 bits per heavy atom. The van der Waals surface area contributed by atoms with Crippen molar-refractivity contribution in [2.45, 2.75) is 57.7 Å². The second kappa shape index (κ2) is 12.1. The monoisotopic (exact) mass is 574 g/mol. The predicted octanol–water partition coefficient (Wildman–Crippen LogP) is 4.66. The Kier molecular flexibility index (Phi) is 9.22. The summed E-state index contributed by atoms with van der Waals surface area (Å²) in [6, 6.07) is 10.6. The van der Waals surface area contributed by atoms with Crippen LogP contribution in [0.4, 0.5) is 8.78 Å². The molecule has 218 valence electrons. The van der Waals surface area contributed by atoms with Crippen molar-refractivity contribution in [2.75, 3.05) is 46.8 Å². The molecule has 2 aromatic carbocycles. The van der Waals surface area contributed by atoms with Gasteiger partial charge in [-0.25, -0.2) is 8.78 Å². The summed E-state index contributed by atoms with van der Waals surface area (Å²) in [6.45, 7) is 10.5. The van der Waals surface area contributed by atoms with E-state index in [9.17, 15) is 18.4 Å². The van der Waals surface area contributed by atoms with Crippen LogP contribution in [0.25, 0.3) is 0 Å². The molecule has 6 nitrogen and oxygen atoms in total. The van der Waals surface area contributed by atoms with Gasteiger partial charge in [-0.3, -0.25) is 19.4 Å². The summed E-state index contributed by atoms with van der Waals surface area (Å²) in [5.74, 6) is -2.12. The number of carbonyl (C=O) groups excluding carboxylic acids is 2. The lowest BCUT2D eigenvalue weighted by Gasteiger charge is -2.43. The number of rotatable bonds is 6. The van der Waals surface area contributed by atoms with Crippen LogP contribution in [0.1, 0.15) is 44.7 Å². The predicted molar refractivity (Wildman–Crippen MR) is 154 cm³/mol. The molecule has 0 bridgehead atoms. The molecule has 2 heterocycles. The van der Waals surface area contributed by atoms with Crippen LogP contribution in [-0.2, 0) is 16.0 Å². The van der Waals surface area contributed by atoms with Crippen molar-refractivity contribution >= 4 is 23.4 Å². The Hall–Kier alpha value is -2.55. The SMILES string of the molecule is C[C@H]1CN(C(=O)C(Cc2ccccc2Cl)N(C)C)CCN1C(=O)[C@@H]1CN(C(C)(C)C)C[C@H]1c1ccc(F)cc1F. The molecule has 2 aliphatic heterocycles. The van der Waals surface area contributed by atoms with Gasteiger partial charge in [0, 0.05) is 61.3 Å². The van der Waals surface area contributed by atoms with Gasteiger partial charge in [0.15, 0.2) is 0 Å². The fourth-order valence-electron chi connectivity index (χ4n) is 5.99. The Bertz CT molecular complexity index is 1230. The van der Waals surface area contributed by atoms with Crippen molar-refractivity contribution in [2.24, 2.45) is 5.92 Å². The van der Waals surface area contributed by atoms with Crippen molar-refractivity contribution in [3.63, 3.8) is 0 Å². The van der Waals surface area contributed by atoms with Crippen molar-refractivity contribution in [1.29, 1.82) is 0 Å². The minimum Gasteiger partial charge on any atom is -0.337 e. The number of nitrogens with zero attached hydrogens (tertiary/aromatic N) is 4. The van der Waals surface area contributed by atoms with Crippen molar-refractivity contribution < 1.29 is 18.4 Å². The molecule has 4 rings (SSSR count). The molecule has 9 heteroatoms. The second-order valence-corrected chi connectivity index (χ2v) is 12.8. The van der Waals surface area contributed by atoms with Gasteiger partial charge in [-0.1, -0.05) is 35.9 Å². The lowest BCUT2D eigenvalue weighted by molar-refractivity contribution is -0.147. The lowest BCUT2D eigenvalue weighted by Crippen LogP contribution is -2.59. The summed E-state index contributed by atoms with van der Waals surface area (Å²) in [7, 11) is 3.77. The maximum atomic E-state index is 14.9. The van der Waals surface area contributed by atoms with Crippen LogP contribution < -0.4 is 0 Å². The lowest BCUT2D eigenvalue weighted by atomic mass is 9.87. The summed E-state index contributed by atoms with van der Waals surface area (Å²) < 4.78 is 28.6. The smallest absolute Gasteiger partial charge is 0.240 e. The second-order valence-electron chi connectivity index (χ2n) is 12.4. The van der Waals surface area contributed by atoms with Gasteiger partial charge < -0.3 is 9.80 Å².